The second-order valence-electron chi connectivity index (χ2n) is 4.33. The molecule has 2 rings (SSSR count). The lowest BCUT2D eigenvalue weighted by atomic mass is 10.0. The first kappa shape index (κ1) is 11.7. The average molecular weight is 230 g/mol. The number of hydrogen-bond donors (Lipinski definition) is 1. The van der Waals surface area contributed by atoms with Crippen LogP contribution in [0.4, 0.5) is 4.79 Å². The molecule has 0 saturated carbocycles. The highest BCUT2D eigenvalue weighted by Crippen LogP contribution is 2.18. The van der Waals surface area contributed by atoms with Crippen LogP contribution in [0.25, 0.3) is 0 Å². The van der Waals surface area contributed by atoms with Crippen molar-refractivity contribution in [2.24, 2.45) is 0 Å². The average Bonchev–Trinajstić information content (AvgIpc) is 2.38. The van der Waals surface area contributed by atoms with E-state index in [1.165, 1.54) is 11.1 Å². The van der Waals surface area contributed by atoms with E-state index in [-0.39, 0.29) is 6.03 Å². The fraction of sp³-hybridized carbons (Fsp3) is 0.357. The van der Waals surface area contributed by atoms with Gasteiger partial charge >= 0.3 is 6.03 Å². The van der Waals surface area contributed by atoms with Crippen LogP contribution >= 0.6 is 0 Å². The molecule has 0 bridgehead atoms. The molecule has 0 saturated heterocycles. The molecule has 0 fully saturated rings. The zero-order chi connectivity index (χ0) is 12.3. The number of nitrogens with one attached hydrogen (secondary N) is 1. The molecule has 1 aromatic rings. The largest absolute Gasteiger partial charge is 0.321 e. The molecule has 3 nitrogen and oxygen atoms in total. The number of fused-ring (bicyclic) bond motifs is 1. The number of amides is 2. The maximum absolute atomic E-state index is 11.9. The SMILES string of the molecule is C=C(CC)NC(=O)N1CCc2ccccc2C1. The second kappa shape index (κ2) is 5.04. The number of urea groups is 1. The Bertz CT molecular complexity index is 440. The van der Waals surface area contributed by atoms with Crippen molar-refractivity contribution >= 4 is 6.03 Å². The van der Waals surface area contributed by atoms with Crippen molar-refractivity contribution in [1.82, 2.24) is 10.2 Å². The maximum atomic E-state index is 11.9. The summed E-state index contributed by atoms with van der Waals surface area (Å²) in [6.07, 6.45) is 1.71. The highest BCUT2D eigenvalue weighted by molar-refractivity contribution is 5.76. The number of hydrogen-bond acceptors (Lipinski definition) is 1. The fourth-order valence-corrected chi connectivity index (χ4v) is 1.99. The molecule has 0 atom stereocenters. The number of allylic oxidation sites excluding steroid dienone is 1. The van der Waals surface area contributed by atoms with Gasteiger partial charge in [0.05, 0.1) is 0 Å². The van der Waals surface area contributed by atoms with Crippen LogP contribution in [0.1, 0.15) is 24.5 Å². The third kappa shape index (κ3) is 2.67. The number of benzene rings is 1. The zero-order valence-electron chi connectivity index (χ0n) is 10.2. The van der Waals surface area contributed by atoms with Crippen LogP contribution in [0.15, 0.2) is 36.5 Å². The molecule has 3 heteroatoms. The van der Waals surface area contributed by atoms with Crippen LogP contribution in [0.5, 0.6) is 0 Å². The Hall–Kier alpha value is -1.77. The van der Waals surface area contributed by atoms with Gasteiger partial charge in [0.25, 0.3) is 0 Å². The summed E-state index contributed by atoms with van der Waals surface area (Å²) in [5, 5.41) is 2.82. The lowest BCUT2D eigenvalue weighted by molar-refractivity contribution is 0.195. The van der Waals surface area contributed by atoms with E-state index in [9.17, 15) is 4.79 Å². The smallest absolute Gasteiger partial charge is 0.320 e. The molecule has 0 radical (unpaired) electrons. The van der Waals surface area contributed by atoms with Gasteiger partial charge in [0, 0.05) is 18.8 Å². The molecule has 0 aromatic heterocycles. The molecule has 2 amide bonds. The van der Waals surface area contributed by atoms with Gasteiger partial charge in [-0.3, -0.25) is 0 Å². The number of carbonyl (C=O) groups is 1. The van der Waals surface area contributed by atoms with E-state index >= 15 is 0 Å². The Morgan fingerprint density at radius 2 is 2.12 bits per heavy atom. The first-order valence-electron chi connectivity index (χ1n) is 6.01. The Morgan fingerprint density at radius 3 is 2.82 bits per heavy atom. The van der Waals surface area contributed by atoms with Gasteiger partial charge in [-0.05, 0) is 24.0 Å². The van der Waals surface area contributed by atoms with Gasteiger partial charge < -0.3 is 10.2 Å². The van der Waals surface area contributed by atoms with E-state index in [4.69, 9.17) is 0 Å². The molecule has 1 aliphatic heterocycles. The van der Waals surface area contributed by atoms with Crippen molar-refractivity contribution in [2.45, 2.75) is 26.3 Å². The van der Waals surface area contributed by atoms with E-state index in [0.717, 1.165) is 25.1 Å². The maximum Gasteiger partial charge on any atom is 0.321 e. The Balaban J connectivity index is 2.02. The Labute approximate surface area is 102 Å². The molecule has 1 N–H and O–H groups in total. The summed E-state index contributed by atoms with van der Waals surface area (Å²) in [6.45, 7) is 7.25. The fourth-order valence-electron chi connectivity index (χ4n) is 1.99. The number of carbonyl (C=O) groups excluding carboxylic acids is 1. The molecular formula is C14H18N2O. The predicted molar refractivity (Wildman–Crippen MR) is 68.5 cm³/mol. The van der Waals surface area contributed by atoms with Crippen LogP contribution in [-0.4, -0.2) is 17.5 Å². The molecular weight excluding hydrogens is 212 g/mol. The summed E-state index contributed by atoms with van der Waals surface area (Å²) in [5.41, 5.74) is 3.37. The van der Waals surface area contributed by atoms with Crippen LogP contribution in [0, 0.1) is 0 Å². The Kier molecular flexibility index (Phi) is 3.47. The summed E-state index contributed by atoms with van der Waals surface area (Å²) in [5.74, 6) is 0. The Morgan fingerprint density at radius 1 is 1.41 bits per heavy atom. The van der Waals surface area contributed by atoms with Gasteiger partial charge in [0.15, 0.2) is 0 Å². The first-order chi connectivity index (χ1) is 8.20. The quantitative estimate of drug-likeness (QED) is 0.832. The van der Waals surface area contributed by atoms with E-state index < -0.39 is 0 Å². The second-order valence-corrected chi connectivity index (χ2v) is 4.33. The van der Waals surface area contributed by atoms with Crippen molar-refractivity contribution in [2.75, 3.05) is 6.54 Å². The molecule has 1 aromatic carbocycles. The first-order valence-corrected chi connectivity index (χ1v) is 6.01. The van der Waals surface area contributed by atoms with Gasteiger partial charge in [-0.1, -0.05) is 37.8 Å². The van der Waals surface area contributed by atoms with Crippen molar-refractivity contribution in [1.29, 1.82) is 0 Å². The van der Waals surface area contributed by atoms with Gasteiger partial charge in [-0.2, -0.15) is 0 Å². The lowest BCUT2D eigenvalue weighted by Crippen LogP contribution is -2.42. The predicted octanol–water partition coefficient (Wildman–Crippen LogP) is 2.68. The standard InChI is InChI=1S/C14H18N2O/c1-3-11(2)15-14(17)16-9-8-12-6-4-5-7-13(12)10-16/h4-7H,2-3,8-10H2,1H3,(H,15,17). The lowest BCUT2D eigenvalue weighted by Gasteiger charge is -2.29. The molecule has 0 aliphatic carbocycles. The number of nitrogens with zero attached hydrogens (tertiary/aromatic N) is 1. The van der Waals surface area contributed by atoms with E-state index in [1.54, 1.807) is 0 Å². The summed E-state index contributed by atoms with van der Waals surface area (Å²) in [7, 11) is 0. The van der Waals surface area contributed by atoms with Crippen molar-refractivity contribution < 1.29 is 4.79 Å². The summed E-state index contributed by atoms with van der Waals surface area (Å²) in [6, 6.07) is 8.25. The van der Waals surface area contributed by atoms with Gasteiger partial charge in [0.1, 0.15) is 0 Å². The van der Waals surface area contributed by atoms with Crippen molar-refractivity contribution in [3.05, 3.63) is 47.7 Å². The summed E-state index contributed by atoms with van der Waals surface area (Å²) < 4.78 is 0. The van der Waals surface area contributed by atoms with Gasteiger partial charge in [-0.25, -0.2) is 4.79 Å². The minimum atomic E-state index is -0.0358. The molecule has 1 heterocycles. The monoisotopic (exact) mass is 230 g/mol. The molecule has 17 heavy (non-hydrogen) atoms. The van der Waals surface area contributed by atoms with E-state index in [0.29, 0.717) is 6.54 Å². The normalized spacial score (nSPS) is 14.1. The highest BCUT2D eigenvalue weighted by atomic mass is 16.2. The van der Waals surface area contributed by atoms with Crippen LogP contribution in [-0.2, 0) is 13.0 Å². The molecule has 90 valence electrons. The van der Waals surface area contributed by atoms with Crippen LogP contribution in [0.3, 0.4) is 0 Å². The van der Waals surface area contributed by atoms with Crippen molar-refractivity contribution in [3.8, 4) is 0 Å². The van der Waals surface area contributed by atoms with Crippen molar-refractivity contribution in [3.63, 3.8) is 0 Å². The summed E-state index contributed by atoms with van der Waals surface area (Å²) in [4.78, 5) is 13.8. The number of rotatable bonds is 2. The third-order valence-corrected chi connectivity index (χ3v) is 3.13. The zero-order valence-corrected chi connectivity index (χ0v) is 10.2. The van der Waals surface area contributed by atoms with Crippen LogP contribution < -0.4 is 5.32 Å². The summed E-state index contributed by atoms with van der Waals surface area (Å²) >= 11 is 0. The van der Waals surface area contributed by atoms with E-state index in [2.05, 4.69) is 24.0 Å². The topological polar surface area (TPSA) is 32.3 Å². The van der Waals surface area contributed by atoms with Crippen LogP contribution in [0.2, 0.25) is 0 Å². The molecule has 1 aliphatic rings. The van der Waals surface area contributed by atoms with Gasteiger partial charge in [0.2, 0.25) is 0 Å². The van der Waals surface area contributed by atoms with Gasteiger partial charge in [-0.15, -0.1) is 0 Å². The minimum Gasteiger partial charge on any atom is -0.320 e. The third-order valence-electron chi connectivity index (χ3n) is 3.13. The highest BCUT2D eigenvalue weighted by Gasteiger charge is 2.20. The molecule has 0 unspecified atom stereocenters. The van der Waals surface area contributed by atoms with E-state index in [1.807, 2.05) is 24.0 Å². The minimum absolute atomic E-state index is 0.0358. The molecule has 0 spiro atoms.